The molecule has 21 heavy (non-hydrogen) atoms. The minimum absolute atomic E-state index is 0.00288. The highest BCUT2D eigenvalue weighted by Crippen LogP contribution is 2.23. The Labute approximate surface area is 121 Å². The summed E-state index contributed by atoms with van der Waals surface area (Å²) in [4.78, 5) is 23.0. The smallest absolute Gasteiger partial charge is 0.303 e. The molecule has 0 aliphatic carbocycles. The van der Waals surface area contributed by atoms with Crippen molar-refractivity contribution in [3.63, 3.8) is 0 Å². The lowest BCUT2D eigenvalue weighted by molar-refractivity contribution is -0.137. The number of unbranched alkanes of at least 4 members (excludes halogenated alkanes) is 2. The average Bonchev–Trinajstić information content (AvgIpc) is 2.39. The Bertz CT molecular complexity index is 539. The van der Waals surface area contributed by atoms with E-state index in [1.165, 1.54) is 18.2 Å². The van der Waals surface area contributed by atoms with Crippen LogP contribution in [0.2, 0.25) is 0 Å². The van der Waals surface area contributed by atoms with Crippen molar-refractivity contribution in [2.24, 2.45) is 10.8 Å². The third-order valence-electron chi connectivity index (χ3n) is 2.40. The quantitative estimate of drug-likeness (QED) is 0.319. The Morgan fingerprint density at radius 2 is 2.05 bits per heavy atom. The van der Waals surface area contributed by atoms with E-state index < -0.39 is 11.9 Å². The van der Waals surface area contributed by atoms with E-state index in [2.05, 4.69) is 16.9 Å². The predicted molar refractivity (Wildman–Crippen MR) is 77.2 cm³/mol. The number of phenols is 1. The number of hydrogen-bond donors (Lipinski definition) is 3. The van der Waals surface area contributed by atoms with Gasteiger partial charge in [-0.05, 0) is 24.1 Å². The van der Waals surface area contributed by atoms with E-state index in [4.69, 9.17) is 16.4 Å². The van der Waals surface area contributed by atoms with Gasteiger partial charge in [0.15, 0.2) is 0 Å². The fourth-order valence-corrected chi connectivity index (χ4v) is 1.37. The van der Waals surface area contributed by atoms with Gasteiger partial charge in [-0.3, -0.25) is 9.59 Å². The summed E-state index contributed by atoms with van der Waals surface area (Å²) in [5.41, 5.74) is 13.2. The van der Waals surface area contributed by atoms with Crippen LogP contribution in [0.4, 0.5) is 5.69 Å². The summed E-state index contributed by atoms with van der Waals surface area (Å²) >= 11 is 0. The van der Waals surface area contributed by atoms with E-state index in [0.29, 0.717) is 6.42 Å². The molecule has 1 amide bonds. The molecule has 0 radical (unpaired) electrons. The van der Waals surface area contributed by atoms with Crippen LogP contribution in [0.15, 0.2) is 23.3 Å². The Morgan fingerprint density at radius 3 is 2.48 bits per heavy atom. The van der Waals surface area contributed by atoms with E-state index in [9.17, 15) is 14.7 Å². The Morgan fingerprint density at radius 1 is 1.38 bits per heavy atom. The number of amides is 1. The Kier molecular flexibility index (Phi) is 8.79. The molecule has 0 fully saturated rings. The van der Waals surface area contributed by atoms with Crippen LogP contribution in [-0.2, 0) is 4.79 Å². The van der Waals surface area contributed by atoms with Crippen LogP contribution >= 0.6 is 0 Å². The molecule has 0 saturated carbocycles. The summed E-state index contributed by atoms with van der Waals surface area (Å²) in [5.74, 6) is -1.71. The van der Waals surface area contributed by atoms with Crippen molar-refractivity contribution in [2.45, 2.75) is 32.6 Å². The molecule has 0 spiro atoms. The van der Waals surface area contributed by atoms with Gasteiger partial charge in [0.05, 0.1) is 5.56 Å². The van der Waals surface area contributed by atoms with Gasteiger partial charge >= 0.3 is 5.97 Å². The first kappa shape index (κ1) is 18.3. The van der Waals surface area contributed by atoms with E-state index in [-0.39, 0.29) is 17.0 Å². The third kappa shape index (κ3) is 8.12. The third-order valence-corrected chi connectivity index (χ3v) is 2.40. The largest absolute Gasteiger partial charge is 0.507 e. The lowest BCUT2D eigenvalue weighted by atomic mass is 10.2. The van der Waals surface area contributed by atoms with Crippen molar-refractivity contribution in [3.8, 4) is 5.75 Å². The molecular formula is C13H18N4O4. The fraction of sp³-hybridized carbons (Fsp3) is 0.385. The second-order valence-electron chi connectivity index (χ2n) is 4.11. The van der Waals surface area contributed by atoms with Crippen LogP contribution in [0.3, 0.4) is 0 Å². The number of carbonyl (C=O) groups is 2. The van der Waals surface area contributed by atoms with Gasteiger partial charge < -0.3 is 15.9 Å². The van der Waals surface area contributed by atoms with Crippen molar-refractivity contribution in [1.29, 1.82) is 0 Å². The zero-order valence-electron chi connectivity index (χ0n) is 11.7. The van der Waals surface area contributed by atoms with Gasteiger partial charge in [0.2, 0.25) is 0 Å². The van der Waals surface area contributed by atoms with Crippen LogP contribution in [0, 0.1) is 0 Å². The molecule has 1 aromatic rings. The summed E-state index contributed by atoms with van der Waals surface area (Å²) in [5, 5.41) is 20.6. The summed E-state index contributed by atoms with van der Waals surface area (Å²) in [7, 11) is 0. The van der Waals surface area contributed by atoms with Gasteiger partial charge in [0, 0.05) is 17.0 Å². The molecule has 0 heterocycles. The lowest BCUT2D eigenvalue weighted by Crippen LogP contribution is -2.10. The van der Waals surface area contributed by atoms with Crippen LogP contribution in [-0.4, -0.2) is 22.1 Å². The van der Waals surface area contributed by atoms with Crippen molar-refractivity contribution in [3.05, 3.63) is 34.2 Å². The van der Waals surface area contributed by atoms with Gasteiger partial charge in [-0.15, -0.1) is 0 Å². The lowest BCUT2D eigenvalue weighted by Gasteiger charge is -1.99. The van der Waals surface area contributed by atoms with Crippen molar-refractivity contribution in [2.75, 3.05) is 0 Å². The second kappa shape index (κ2) is 10.1. The number of carboxylic acid groups (broad SMARTS) is 1. The Balaban J connectivity index is 0.000000433. The molecule has 0 saturated heterocycles. The van der Waals surface area contributed by atoms with E-state index >= 15 is 0 Å². The number of nitrogens with two attached hydrogens (primary N) is 1. The highest BCUT2D eigenvalue weighted by molar-refractivity contribution is 5.95. The average molecular weight is 294 g/mol. The minimum Gasteiger partial charge on any atom is -0.507 e. The SMILES string of the molecule is CCCCCC(=O)O.[N-]=[N+]=Nc1ccc(C(N)=O)c(O)c1. The maximum absolute atomic E-state index is 10.6. The van der Waals surface area contributed by atoms with Crippen molar-refractivity contribution < 1.29 is 19.8 Å². The summed E-state index contributed by atoms with van der Waals surface area (Å²) in [6, 6.07) is 3.85. The number of nitrogens with zero attached hydrogens (tertiary/aromatic N) is 3. The molecule has 0 unspecified atom stereocenters. The standard InChI is InChI=1S/C7H6N4O2.C6H12O2/c8-7(13)5-2-1-4(10-11-9)3-6(5)12;1-2-3-4-5-6(7)8/h1-3,12H,(H2,8,13);2-5H2,1H3,(H,7,8). The number of carboxylic acids is 1. The molecule has 8 nitrogen and oxygen atoms in total. The molecular weight excluding hydrogens is 276 g/mol. The van der Waals surface area contributed by atoms with Crippen LogP contribution < -0.4 is 5.73 Å². The highest BCUT2D eigenvalue weighted by Gasteiger charge is 2.06. The molecule has 0 bridgehead atoms. The number of primary amides is 1. The van der Waals surface area contributed by atoms with E-state index in [1.807, 2.05) is 0 Å². The van der Waals surface area contributed by atoms with Gasteiger partial charge in [-0.2, -0.15) is 0 Å². The summed E-state index contributed by atoms with van der Waals surface area (Å²) < 4.78 is 0. The number of rotatable bonds is 6. The summed E-state index contributed by atoms with van der Waals surface area (Å²) in [6.07, 6.45) is 3.28. The molecule has 0 aromatic heterocycles. The maximum Gasteiger partial charge on any atom is 0.303 e. The summed E-state index contributed by atoms with van der Waals surface area (Å²) in [6.45, 7) is 2.06. The molecule has 0 aliphatic heterocycles. The molecule has 0 atom stereocenters. The number of aliphatic carboxylic acids is 1. The van der Waals surface area contributed by atoms with Gasteiger partial charge in [-0.25, -0.2) is 0 Å². The number of hydrogen-bond acceptors (Lipinski definition) is 4. The maximum atomic E-state index is 10.6. The van der Waals surface area contributed by atoms with Gasteiger partial charge in [-0.1, -0.05) is 30.9 Å². The molecule has 114 valence electrons. The first-order valence-electron chi connectivity index (χ1n) is 6.32. The Hall–Kier alpha value is -2.73. The molecule has 8 heteroatoms. The first-order chi connectivity index (χ1) is 9.92. The van der Waals surface area contributed by atoms with Crippen molar-refractivity contribution >= 4 is 17.6 Å². The zero-order chi connectivity index (χ0) is 16.3. The molecule has 1 aromatic carbocycles. The zero-order valence-corrected chi connectivity index (χ0v) is 11.7. The van der Waals surface area contributed by atoms with E-state index in [0.717, 1.165) is 19.3 Å². The van der Waals surface area contributed by atoms with Crippen molar-refractivity contribution in [1.82, 2.24) is 0 Å². The van der Waals surface area contributed by atoms with Crippen LogP contribution in [0.1, 0.15) is 43.0 Å². The fourth-order valence-electron chi connectivity index (χ4n) is 1.37. The molecule has 0 aliphatic rings. The first-order valence-corrected chi connectivity index (χ1v) is 6.32. The highest BCUT2D eigenvalue weighted by atomic mass is 16.4. The number of aromatic hydroxyl groups is 1. The van der Waals surface area contributed by atoms with Gasteiger partial charge in [0.25, 0.3) is 5.91 Å². The number of azide groups is 1. The number of benzene rings is 1. The normalized spacial score (nSPS) is 9.00. The predicted octanol–water partition coefficient (Wildman–Crippen LogP) is 3.08. The second-order valence-corrected chi connectivity index (χ2v) is 4.11. The van der Waals surface area contributed by atoms with Crippen LogP contribution in [0.5, 0.6) is 5.75 Å². The topological polar surface area (TPSA) is 149 Å². The van der Waals surface area contributed by atoms with Gasteiger partial charge in [0.1, 0.15) is 5.75 Å². The minimum atomic E-state index is -0.731. The number of carbonyl (C=O) groups excluding carboxylic acids is 1. The van der Waals surface area contributed by atoms with E-state index in [1.54, 1.807) is 0 Å². The van der Waals surface area contributed by atoms with Crippen LogP contribution in [0.25, 0.3) is 10.4 Å². The molecule has 4 N–H and O–H groups in total. The monoisotopic (exact) mass is 294 g/mol. The molecule has 1 rings (SSSR count).